The third-order valence-corrected chi connectivity index (χ3v) is 5.52. The molecule has 1 aliphatic rings. The topological polar surface area (TPSA) is 62.3 Å². The zero-order chi connectivity index (χ0) is 18.8. The summed E-state index contributed by atoms with van der Waals surface area (Å²) in [6, 6.07) is 19.3. The molecular weight excluding hydrogens is 358 g/mol. The van der Waals surface area contributed by atoms with Crippen molar-refractivity contribution in [3.63, 3.8) is 0 Å². The minimum Gasteiger partial charge on any atom is -0.312 e. The maximum absolute atomic E-state index is 12.7. The van der Waals surface area contributed by atoms with Gasteiger partial charge < -0.3 is 10.2 Å². The van der Waals surface area contributed by atoms with Crippen molar-refractivity contribution in [3.05, 3.63) is 65.5 Å². The average molecular weight is 377 g/mol. The van der Waals surface area contributed by atoms with E-state index < -0.39 is 0 Å². The Morgan fingerprint density at radius 3 is 2.48 bits per heavy atom. The lowest BCUT2D eigenvalue weighted by molar-refractivity contribution is -0.122. The summed E-state index contributed by atoms with van der Waals surface area (Å²) in [7, 11) is 0. The number of nitrogens with zero attached hydrogens (tertiary/aromatic N) is 2. The molecule has 1 aliphatic heterocycles. The van der Waals surface area contributed by atoms with E-state index in [0.29, 0.717) is 11.7 Å². The highest BCUT2D eigenvalue weighted by Crippen LogP contribution is 2.31. The number of amides is 2. The predicted octanol–water partition coefficient (Wildman–Crippen LogP) is 4.11. The first kappa shape index (κ1) is 17.4. The van der Waals surface area contributed by atoms with Gasteiger partial charge in [-0.2, -0.15) is 0 Å². The number of hydrogen-bond acceptors (Lipinski definition) is 4. The van der Waals surface area contributed by atoms with Crippen LogP contribution in [0.25, 0.3) is 11.3 Å². The van der Waals surface area contributed by atoms with Crippen molar-refractivity contribution in [2.75, 3.05) is 16.8 Å². The largest absolute Gasteiger partial charge is 0.312 e. The van der Waals surface area contributed by atoms with Crippen LogP contribution in [0.1, 0.15) is 11.3 Å². The minimum absolute atomic E-state index is 0.0263. The Labute approximate surface area is 161 Å². The zero-order valence-electron chi connectivity index (χ0n) is 14.9. The van der Waals surface area contributed by atoms with Crippen molar-refractivity contribution in [3.8, 4) is 11.3 Å². The number of aryl methyl sites for hydroxylation is 1. The quantitative estimate of drug-likeness (QED) is 0.744. The Morgan fingerprint density at radius 1 is 1.11 bits per heavy atom. The van der Waals surface area contributed by atoms with E-state index in [2.05, 4.69) is 10.3 Å². The molecule has 2 heterocycles. The highest BCUT2D eigenvalue weighted by Gasteiger charge is 2.35. The second-order valence-electron chi connectivity index (χ2n) is 6.52. The van der Waals surface area contributed by atoms with Crippen LogP contribution in [0.4, 0.5) is 10.8 Å². The lowest BCUT2D eigenvalue weighted by Gasteiger charge is -2.16. The van der Waals surface area contributed by atoms with E-state index in [1.807, 2.05) is 67.6 Å². The molecule has 1 saturated heterocycles. The highest BCUT2D eigenvalue weighted by atomic mass is 32.1. The number of para-hydroxylation sites is 1. The number of nitrogens with one attached hydrogen (secondary N) is 1. The SMILES string of the molecule is Cc1sc(NC(=O)[C@H]2CC(=O)N(c3ccccc3)C2)nc1-c1ccccc1. The fraction of sp³-hybridized carbons (Fsp3) is 0.190. The number of carbonyl (C=O) groups excluding carboxylic acids is 2. The Bertz CT molecular complexity index is 970. The van der Waals surface area contributed by atoms with Gasteiger partial charge in [-0.3, -0.25) is 9.59 Å². The van der Waals surface area contributed by atoms with Crippen LogP contribution in [0.2, 0.25) is 0 Å². The molecule has 1 N–H and O–H groups in total. The van der Waals surface area contributed by atoms with E-state index in [-0.39, 0.29) is 24.2 Å². The summed E-state index contributed by atoms with van der Waals surface area (Å²) in [4.78, 5) is 32.3. The van der Waals surface area contributed by atoms with Crippen molar-refractivity contribution >= 4 is 34.0 Å². The molecule has 0 spiro atoms. The van der Waals surface area contributed by atoms with E-state index in [1.54, 1.807) is 4.90 Å². The lowest BCUT2D eigenvalue weighted by atomic mass is 10.1. The Kier molecular flexibility index (Phi) is 4.73. The summed E-state index contributed by atoms with van der Waals surface area (Å²) in [5.41, 5.74) is 2.73. The summed E-state index contributed by atoms with van der Waals surface area (Å²) < 4.78 is 0. The molecule has 1 atom stereocenters. The Morgan fingerprint density at radius 2 is 1.78 bits per heavy atom. The number of benzene rings is 2. The summed E-state index contributed by atoms with van der Waals surface area (Å²) >= 11 is 1.45. The summed E-state index contributed by atoms with van der Waals surface area (Å²) in [6.07, 6.45) is 0.219. The molecule has 0 radical (unpaired) electrons. The molecule has 1 aromatic heterocycles. The van der Waals surface area contributed by atoms with E-state index >= 15 is 0 Å². The van der Waals surface area contributed by atoms with Crippen molar-refractivity contribution in [1.29, 1.82) is 0 Å². The minimum atomic E-state index is -0.373. The second-order valence-corrected chi connectivity index (χ2v) is 7.72. The van der Waals surface area contributed by atoms with Gasteiger partial charge in [-0.1, -0.05) is 48.5 Å². The summed E-state index contributed by atoms with van der Waals surface area (Å²) in [5, 5.41) is 3.47. The molecule has 2 aromatic carbocycles. The van der Waals surface area contributed by atoms with Gasteiger partial charge in [-0.15, -0.1) is 11.3 Å². The summed E-state index contributed by atoms with van der Waals surface area (Å²) in [5.74, 6) is -0.557. The number of carbonyl (C=O) groups is 2. The number of thiazole rings is 1. The molecule has 0 unspecified atom stereocenters. The van der Waals surface area contributed by atoms with Crippen molar-refractivity contribution in [2.24, 2.45) is 5.92 Å². The molecule has 0 bridgehead atoms. The van der Waals surface area contributed by atoms with Gasteiger partial charge >= 0.3 is 0 Å². The van der Waals surface area contributed by atoms with Crippen LogP contribution in [-0.4, -0.2) is 23.3 Å². The third-order valence-electron chi connectivity index (χ3n) is 4.64. The van der Waals surface area contributed by atoms with Gasteiger partial charge in [0.15, 0.2) is 5.13 Å². The van der Waals surface area contributed by atoms with Gasteiger partial charge in [-0.05, 0) is 19.1 Å². The molecule has 0 saturated carbocycles. The normalized spacial score (nSPS) is 16.6. The molecule has 5 nitrogen and oxygen atoms in total. The Hall–Kier alpha value is -2.99. The maximum Gasteiger partial charge on any atom is 0.231 e. The van der Waals surface area contributed by atoms with Gasteiger partial charge in [0.2, 0.25) is 11.8 Å². The Balaban J connectivity index is 1.47. The molecule has 6 heteroatoms. The fourth-order valence-corrected chi connectivity index (χ4v) is 4.10. The first-order valence-electron chi connectivity index (χ1n) is 8.81. The monoisotopic (exact) mass is 377 g/mol. The molecular formula is C21H19N3O2S. The van der Waals surface area contributed by atoms with E-state index in [0.717, 1.165) is 21.8 Å². The van der Waals surface area contributed by atoms with Crippen LogP contribution in [0.5, 0.6) is 0 Å². The average Bonchev–Trinajstić information content (AvgIpc) is 3.26. The standard InChI is InChI=1S/C21H19N3O2S/c1-14-19(15-8-4-2-5-9-15)22-21(27-14)23-20(26)16-12-18(25)24(13-16)17-10-6-3-7-11-17/h2-11,16H,12-13H2,1H3,(H,22,23,26)/t16-/m0/s1. The molecule has 27 heavy (non-hydrogen) atoms. The van der Waals surface area contributed by atoms with Crippen LogP contribution in [0.3, 0.4) is 0 Å². The molecule has 1 fully saturated rings. The zero-order valence-corrected chi connectivity index (χ0v) is 15.7. The van der Waals surface area contributed by atoms with Gasteiger partial charge in [0.1, 0.15) is 0 Å². The molecule has 4 rings (SSSR count). The van der Waals surface area contributed by atoms with Crippen molar-refractivity contribution in [1.82, 2.24) is 4.98 Å². The van der Waals surface area contributed by atoms with Crippen molar-refractivity contribution < 1.29 is 9.59 Å². The van der Waals surface area contributed by atoms with E-state index in [9.17, 15) is 9.59 Å². The molecule has 3 aromatic rings. The number of aromatic nitrogens is 1. The van der Waals surface area contributed by atoms with Crippen LogP contribution in [-0.2, 0) is 9.59 Å². The maximum atomic E-state index is 12.7. The highest BCUT2D eigenvalue weighted by molar-refractivity contribution is 7.16. The summed E-state index contributed by atoms with van der Waals surface area (Å²) in [6.45, 7) is 2.39. The van der Waals surface area contributed by atoms with Crippen LogP contribution >= 0.6 is 11.3 Å². The predicted molar refractivity (Wildman–Crippen MR) is 108 cm³/mol. The number of anilines is 2. The smallest absolute Gasteiger partial charge is 0.231 e. The lowest BCUT2D eigenvalue weighted by Crippen LogP contribution is -2.28. The third kappa shape index (κ3) is 3.61. The van der Waals surface area contributed by atoms with Crippen LogP contribution in [0, 0.1) is 12.8 Å². The van der Waals surface area contributed by atoms with Crippen LogP contribution in [0.15, 0.2) is 60.7 Å². The number of rotatable bonds is 4. The van der Waals surface area contributed by atoms with Gasteiger partial charge in [0.25, 0.3) is 0 Å². The van der Waals surface area contributed by atoms with Gasteiger partial charge in [-0.25, -0.2) is 4.98 Å². The van der Waals surface area contributed by atoms with Gasteiger partial charge in [0.05, 0.1) is 11.6 Å². The second kappa shape index (κ2) is 7.32. The molecule has 0 aliphatic carbocycles. The fourth-order valence-electron chi connectivity index (χ4n) is 3.26. The molecule has 2 amide bonds. The first-order chi connectivity index (χ1) is 13.1. The van der Waals surface area contributed by atoms with E-state index in [4.69, 9.17) is 0 Å². The van der Waals surface area contributed by atoms with Crippen molar-refractivity contribution in [2.45, 2.75) is 13.3 Å². The number of hydrogen-bond donors (Lipinski definition) is 1. The molecule has 136 valence electrons. The first-order valence-corrected chi connectivity index (χ1v) is 9.62. The van der Waals surface area contributed by atoms with Gasteiger partial charge in [0, 0.05) is 29.1 Å². The van der Waals surface area contributed by atoms with E-state index in [1.165, 1.54) is 11.3 Å². The van der Waals surface area contributed by atoms with Crippen LogP contribution < -0.4 is 10.2 Å².